The van der Waals surface area contributed by atoms with E-state index >= 15 is 0 Å². The van der Waals surface area contributed by atoms with Crippen molar-refractivity contribution >= 4 is 0 Å². The SMILES string of the molecule is Cc1ccc(C)c(C(F)(F)F)c1C(F)(F)F. The van der Waals surface area contributed by atoms with E-state index in [1.165, 1.54) is 0 Å². The van der Waals surface area contributed by atoms with Gasteiger partial charge < -0.3 is 0 Å². The van der Waals surface area contributed by atoms with Crippen LogP contribution >= 0.6 is 0 Å². The second-order valence-corrected chi connectivity index (χ2v) is 3.44. The summed E-state index contributed by atoms with van der Waals surface area (Å²) in [6.07, 6.45) is -10.00. The van der Waals surface area contributed by atoms with Crippen molar-refractivity contribution in [1.29, 1.82) is 0 Å². The summed E-state index contributed by atoms with van der Waals surface area (Å²) in [6, 6.07) is 2.07. The molecular weight excluding hydrogens is 234 g/mol. The molecule has 0 aliphatic carbocycles. The van der Waals surface area contributed by atoms with Gasteiger partial charge in [-0.15, -0.1) is 0 Å². The Hall–Kier alpha value is -1.20. The molecular formula is C10H8F6. The maximum absolute atomic E-state index is 12.5. The van der Waals surface area contributed by atoms with Crippen LogP contribution in [-0.4, -0.2) is 0 Å². The Morgan fingerprint density at radius 2 is 0.938 bits per heavy atom. The van der Waals surface area contributed by atoms with Gasteiger partial charge in [-0.05, 0) is 25.0 Å². The molecule has 1 aromatic carbocycles. The standard InChI is InChI=1S/C10H8F6/c1-5-3-4-6(2)8(10(14,15)16)7(5)9(11,12)13/h3-4H,1-2H3. The lowest BCUT2D eigenvalue weighted by Gasteiger charge is -2.19. The topological polar surface area (TPSA) is 0 Å². The average molecular weight is 242 g/mol. The molecule has 0 aliphatic heterocycles. The van der Waals surface area contributed by atoms with Gasteiger partial charge in [0.15, 0.2) is 0 Å². The van der Waals surface area contributed by atoms with Gasteiger partial charge in [0.25, 0.3) is 0 Å². The van der Waals surface area contributed by atoms with Crippen LogP contribution in [0.2, 0.25) is 0 Å². The lowest BCUT2D eigenvalue weighted by atomic mass is 9.96. The molecule has 0 unspecified atom stereocenters. The molecule has 0 aliphatic rings. The van der Waals surface area contributed by atoms with Crippen LogP contribution in [0.1, 0.15) is 22.3 Å². The fourth-order valence-corrected chi connectivity index (χ4v) is 1.54. The quantitative estimate of drug-likeness (QED) is 0.593. The van der Waals surface area contributed by atoms with Crippen LogP contribution in [0.25, 0.3) is 0 Å². The summed E-state index contributed by atoms with van der Waals surface area (Å²) in [6.45, 7) is 2.02. The van der Waals surface area contributed by atoms with Crippen LogP contribution in [0.4, 0.5) is 26.3 Å². The summed E-state index contributed by atoms with van der Waals surface area (Å²) >= 11 is 0. The van der Waals surface area contributed by atoms with Crippen molar-refractivity contribution in [2.24, 2.45) is 0 Å². The molecule has 90 valence electrons. The Balaban J connectivity index is 3.64. The molecule has 0 aromatic heterocycles. The van der Waals surface area contributed by atoms with Gasteiger partial charge in [0.2, 0.25) is 0 Å². The van der Waals surface area contributed by atoms with Gasteiger partial charge in [-0.1, -0.05) is 12.1 Å². The smallest absolute Gasteiger partial charge is 0.166 e. The summed E-state index contributed by atoms with van der Waals surface area (Å²) in [5, 5.41) is 0. The van der Waals surface area contributed by atoms with Crippen molar-refractivity contribution in [2.45, 2.75) is 26.2 Å². The van der Waals surface area contributed by atoms with Crippen molar-refractivity contribution in [1.82, 2.24) is 0 Å². The van der Waals surface area contributed by atoms with E-state index in [9.17, 15) is 26.3 Å². The molecule has 0 atom stereocenters. The number of hydrogen-bond donors (Lipinski definition) is 0. The molecule has 0 nitrogen and oxygen atoms in total. The largest absolute Gasteiger partial charge is 0.417 e. The van der Waals surface area contributed by atoms with Crippen molar-refractivity contribution in [3.8, 4) is 0 Å². The van der Waals surface area contributed by atoms with Crippen LogP contribution < -0.4 is 0 Å². The van der Waals surface area contributed by atoms with Gasteiger partial charge in [0.05, 0.1) is 11.1 Å². The average Bonchev–Trinajstić information content (AvgIpc) is 2.04. The summed E-state index contributed by atoms with van der Waals surface area (Å²) in [5.74, 6) is 0. The van der Waals surface area contributed by atoms with Crippen LogP contribution in [-0.2, 0) is 12.4 Å². The van der Waals surface area contributed by atoms with E-state index in [0.717, 1.165) is 26.0 Å². The molecule has 0 heterocycles. The van der Waals surface area contributed by atoms with E-state index in [2.05, 4.69) is 0 Å². The zero-order valence-electron chi connectivity index (χ0n) is 8.42. The minimum atomic E-state index is -5.00. The number of benzene rings is 1. The number of hydrogen-bond acceptors (Lipinski definition) is 0. The normalized spacial score (nSPS) is 13.0. The first-order valence-corrected chi connectivity index (χ1v) is 4.29. The van der Waals surface area contributed by atoms with Crippen LogP contribution in [0.5, 0.6) is 0 Å². The van der Waals surface area contributed by atoms with Gasteiger partial charge in [-0.2, -0.15) is 26.3 Å². The van der Waals surface area contributed by atoms with E-state index in [4.69, 9.17) is 0 Å². The molecule has 0 saturated carbocycles. The number of aryl methyl sites for hydroxylation is 2. The second kappa shape index (κ2) is 3.68. The summed E-state index contributed by atoms with van der Waals surface area (Å²) in [7, 11) is 0. The van der Waals surface area contributed by atoms with Gasteiger partial charge in [0, 0.05) is 0 Å². The maximum Gasteiger partial charge on any atom is 0.417 e. The van der Waals surface area contributed by atoms with Gasteiger partial charge in [0.1, 0.15) is 0 Å². The monoisotopic (exact) mass is 242 g/mol. The Labute approximate surface area is 87.9 Å². The zero-order chi connectivity index (χ0) is 12.7. The Morgan fingerprint density at radius 1 is 0.688 bits per heavy atom. The number of rotatable bonds is 0. The summed E-state index contributed by atoms with van der Waals surface area (Å²) in [4.78, 5) is 0. The van der Waals surface area contributed by atoms with Gasteiger partial charge in [-0.3, -0.25) is 0 Å². The summed E-state index contributed by atoms with van der Waals surface area (Å²) in [5.41, 5.74) is -4.05. The molecule has 1 aromatic rings. The fraction of sp³-hybridized carbons (Fsp3) is 0.400. The van der Waals surface area contributed by atoms with E-state index in [-0.39, 0.29) is 0 Å². The highest BCUT2D eigenvalue weighted by atomic mass is 19.4. The highest BCUT2D eigenvalue weighted by Gasteiger charge is 2.45. The fourth-order valence-electron chi connectivity index (χ4n) is 1.54. The number of alkyl halides is 6. The molecule has 0 fully saturated rings. The van der Waals surface area contributed by atoms with Crippen molar-refractivity contribution in [3.63, 3.8) is 0 Å². The highest BCUT2D eigenvalue weighted by molar-refractivity contribution is 5.43. The Kier molecular flexibility index (Phi) is 2.96. The molecule has 0 spiro atoms. The van der Waals surface area contributed by atoms with E-state index < -0.39 is 34.6 Å². The molecule has 6 heteroatoms. The van der Waals surface area contributed by atoms with E-state index in [1.54, 1.807) is 0 Å². The van der Waals surface area contributed by atoms with Crippen LogP contribution in [0.15, 0.2) is 12.1 Å². The molecule has 1 rings (SSSR count). The third-order valence-corrected chi connectivity index (χ3v) is 2.19. The lowest BCUT2D eigenvalue weighted by Crippen LogP contribution is -2.19. The predicted octanol–water partition coefficient (Wildman–Crippen LogP) is 4.34. The molecule has 0 saturated heterocycles. The second-order valence-electron chi connectivity index (χ2n) is 3.44. The Morgan fingerprint density at radius 3 is 1.12 bits per heavy atom. The molecule has 0 bridgehead atoms. The first-order chi connectivity index (χ1) is 7.05. The van der Waals surface area contributed by atoms with Gasteiger partial charge in [-0.25, -0.2) is 0 Å². The van der Waals surface area contributed by atoms with Crippen molar-refractivity contribution in [2.75, 3.05) is 0 Å². The van der Waals surface area contributed by atoms with E-state index in [0.29, 0.717) is 0 Å². The molecule has 0 N–H and O–H groups in total. The van der Waals surface area contributed by atoms with E-state index in [1.807, 2.05) is 0 Å². The zero-order valence-corrected chi connectivity index (χ0v) is 8.42. The van der Waals surface area contributed by atoms with Crippen molar-refractivity contribution in [3.05, 3.63) is 34.4 Å². The van der Waals surface area contributed by atoms with Crippen LogP contribution in [0.3, 0.4) is 0 Å². The third kappa shape index (κ3) is 2.31. The summed E-state index contributed by atoms with van der Waals surface area (Å²) < 4.78 is 75.1. The maximum atomic E-state index is 12.5. The Bertz CT molecular complexity index is 360. The molecule has 16 heavy (non-hydrogen) atoms. The minimum Gasteiger partial charge on any atom is -0.166 e. The van der Waals surface area contributed by atoms with Crippen LogP contribution in [0, 0.1) is 13.8 Å². The minimum absolute atomic E-state index is 0.426. The number of halogens is 6. The highest BCUT2D eigenvalue weighted by Crippen LogP contribution is 2.43. The van der Waals surface area contributed by atoms with Gasteiger partial charge >= 0.3 is 12.4 Å². The third-order valence-electron chi connectivity index (χ3n) is 2.19. The molecule has 0 amide bonds. The van der Waals surface area contributed by atoms with Crippen molar-refractivity contribution < 1.29 is 26.3 Å². The molecule has 0 radical (unpaired) electrons. The lowest BCUT2D eigenvalue weighted by molar-refractivity contribution is -0.162. The first-order valence-electron chi connectivity index (χ1n) is 4.29. The first kappa shape index (κ1) is 12.9. The predicted molar refractivity (Wildman–Crippen MR) is 45.9 cm³/mol.